The number of imide groups is 1. The fraction of sp³-hybridized carbons (Fsp3) is 0.348. The first-order valence-electron chi connectivity index (χ1n) is 10.2. The van der Waals surface area contributed by atoms with Crippen LogP contribution in [0.1, 0.15) is 52.6 Å². The number of amides is 2. The summed E-state index contributed by atoms with van der Waals surface area (Å²) in [7, 11) is 1.50. The molecule has 2 aromatic carbocycles. The average molecular weight is 442 g/mol. The zero-order chi connectivity index (χ0) is 23.4. The molecule has 9 nitrogen and oxygen atoms in total. The normalized spacial score (nSPS) is 15.8. The SMILES string of the molecule is CCOc1cc(C(CC(O)NC(C)C(=O)O)N2C(=O)c3ccccc3C2=O)ccc1OC. The van der Waals surface area contributed by atoms with E-state index in [-0.39, 0.29) is 17.5 Å². The third-order valence-corrected chi connectivity index (χ3v) is 5.27. The minimum Gasteiger partial charge on any atom is -0.493 e. The molecule has 1 aliphatic rings. The van der Waals surface area contributed by atoms with Gasteiger partial charge in [0.2, 0.25) is 0 Å². The van der Waals surface area contributed by atoms with Crippen LogP contribution in [0.5, 0.6) is 11.5 Å². The fourth-order valence-corrected chi connectivity index (χ4v) is 3.69. The minimum absolute atomic E-state index is 0.124. The van der Waals surface area contributed by atoms with Crippen molar-refractivity contribution in [3.05, 3.63) is 59.2 Å². The number of carboxylic acid groups (broad SMARTS) is 1. The van der Waals surface area contributed by atoms with E-state index in [4.69, 9.17) is 14.6 Å². The summed E-state index contributed by atoms with van der Waals surface area (Å²) < 4.78 is 10.9. The van der Waals surface area contributed by atoms with Crippen LogP contribution in [0.4, 0.5) is 0 Å². The molecule has 0 spiro atoms. The number of aliphatic hydroxyl groups excluding tert-OH is 1. The van der Waals surface area contributed by atoms with Gasteiger partial charge in [0.25, 0.3) is 11.8 Å². The lowest BCUT2D eigenvalue weighted by Crippen LogP contribution is -2.44. The number of rotatable bonds is 10. The van der Waals surface area contributed by atoms with Gasteiger partial charge < -0.3 is 19.7 Å². The summed E-state index contributed by atoms with van der Waals surface area (Å²) in [6.45, 7) is 3.58. The van der Waals surface area contributed by atoms with Crippen LogP contribution in [-0.2, 0) is 4.79 Å². The Kier molecular flexibility index (Phi) is 7.12. The molecule has 0 aromatic heterocycles. The number of benzene rings is 2. The average Bonchev–Trinajstić information content (AvgIpc) is 3.02. The van der Waals surface area contributed by atoms with Gasteiger partial charge in [0.15, 0.2) is 11.5 Å². The third kappa shape index (κ3) is 4.58. The molecule has 3 rings (SSSR count). The Balaban J connectivity index is 2.01. The first-order chi connectivity index (χ1) is 15.3. The molecule has 170 valence electrons. The number of aliphatic hydroxyl groups is 1. The lowest BCUT2D eigenvalue weighted by molar-refractivity contribution is -0.140. The molecule has 0 bridgehead atoms. The molecule has 2 aromatic rings. The summed E-state index contributed by atoms with van der Waals surface area (Å²) >= 11 is 0. The summed E-state index contributed by atoms with van der Waals surface area (Å²) in [4.78, 5) is 38.5. The van der Waals surface area contributed by atoms with E-state index >= 15 is 0 Å². The lowest BCUT2D eigenvalue weighted by atomic mass is 10.00. The Morgan fingerprint density at radius 3 is 2.25 bits per heavy atom. The van der Waals surface area contributed by atoms with Gasteiger partial charge in [-0.1, -0.05) is 18.2 Å². The molecule has 0 radical (unpaired) electrons. The molecule has 0 fully saturated rings. The van der Waals surface area contributed by atoms with Crippen LogP contribution in [0.2, 0.25) is 0 Å². The standard InChI is InChI=1S/C23H26N2O7/c1-4-32-19-11-14(9-10-18(19)31-3)17(12-20(26)24-13(2)23(29)30)25-21(27)15-7-5-6-8-16(15)22(25)28/h5-11,13,17,20,24,26H,4,12H2,1-3H3,(H,29,30). The molecule has 1 aliphatic heterocycles. The number of aliphatic carboxylic acids is 1. The minimum atomic E-state index is -1.30. The molecule has 2 amide bonds. The predicted molar refractivity (Wildman–Crippen MR) is 115 cm³/mol. The van der Waals surface area contributed by atoms with Crippen LogP contribution >= 0.6 is 0 Å². The molecular formula is C23H26N2O7. The van der Waals surface area contributed by atoms with Gasteiger partial charge in [0, 0.05) is 6.42 Å². The number of fused-ring (bicyclic) bond motifs is 1. The number of carbonyl (C=O) groups is 3. The Bertz CT molecular complexity index is 988. The van der Waals surface area contributed by atoms with E-state index in [2.05, 4.69) is 5.32 Å². The van der Waals surface area contributed by atoms with Crippen molar-refractivity contribution in [2.75, 3.05) is 13.7 Å². The van der Waals surface area contributed by atoms with Gasteiger partial charge in [0.05, 0.1) is 30.9 Å². The van der Waals surface area contributed by atoms with Crippen LogP contribution in [0.3, 0.4) is 0 Å². The molecule has 9 heteroatoms. The largest absolute Gasteiger partial charge is 0.493 e. The predicted octanol–water partition coefficient (Wildman–Crippen LogP) is 2.20. The van der Waals surface area contributed by atoms with Gasteiger partial charge in [-0.15, -0.1) is 0 Å². The quantitative estimate of drug-likeness (QED) is 0.378. The number of nitrogens with one attached hydrogen (secondary N) is 1. The summed E-state index contributed by atoms with van der Waals surface area (Å²) in [5.41, 5.74) is 1.09. The van der Waals surface area contributed by atoms with Gasteiger partial charge in [-0.2, -0.15) is 0 Å². The van der Waals surface area contributed by atoms with Crippen molar-refractivity contribution >= 4 is 17.8 Å². The van der Waals surface area contributed by atoms with E-state index in [1.165, 1.54) is 14.0 Å². The summed E-state index contributed by atoms with van der Waals surface area (Å²) in [5.74, 6) is -1.19. The lowest BCUT2D eigenvalue weighted by Gasteiger charge is -2.30. The van der Waals surface area contributed by atoms with Gasteiger partial charge in [0.1, 0.15) is 12.3 Å². The first kappa shape index (κ1) is 23.2. The molecule has 0 aliphatic carbocycles. The topological polar surface area (TPSA) is 125 Å². The first-order valence-corrected chi connectivity index (χ1v) is 10.2. The Hall–Kier alpha value is -3.43. The van der Waals surface area contributed by atoms with Crippen molar-refractivity contribution in [3.63, 3.8) is 0 Å². The number of nitrogens with zero attached hydrogens (tertiary/aromatic N) is 1. The van der Waals surface area contributed by atoms with Crippen molar-refractivity contribution in [2.45, 2.75) is 38.6 Å². The molecular weight excluding hydrogens is 416 g/mol. The summed E-state index contributed by atoms with van der Waals surface area (Å²) in [6.07, 6.45) is -1.42. The maximum Gasteiger partial charge on any atom is 0.320 e. The Morgan fingerprint density at radius 1 is 1.09 bits per heavy atom. The molecule has 0 saturated heterocycles. The number of carboxylic acids is 1. The maximum atomic E-state index is 13.1. The summed E-state index contributed by atoms with van der Waals surface area (Å²) in [5, 5.41) is 22.2. The second-order valence-electron chi connectivity index (χ2n) is 7.36. The van der Waals surface area contributed by atoms with E-state index in [0.717, 1.165) is 4.90 Å². The highest BCUT2D eigenvalue weighted by Crippen LogP contribution is 2.37. The number of ether oxygens (including phenoxy) is 2. The number of carbonyl (C=O) groups excluding carboxylic acids is 2. The Labute approximate surface area is 185 Å². The number of hydrogen-bond acceptors (Lipinski definition) is 7. The molecule has 1 heterocycles. The monoisotopic (exact) mass is 442 g/mol. The molecule has 3 atom stereocenters. The van der Waals surface area contributed by atoms with Crippen molar-refractivity contribution in [1.82, 2.24) is 10.2 Å². The Morgan fingerprint density at radius 2 is 1.72 bits per heavy atom. The van der Waals surface area contributed by atoms with Crippen molar-refractivity contribution < 1.29 is 34.1 Å². The highest BCUT2D eigenvalue weighted by Gasteiger charge is 2.41. The molecule has 3 unspecified atom stereocenters. The van der Waals surface area contributed by atoms with Crippen LogP contribution in [0, 0.1) is 0 Å². The molecule has 32 heavy (non-hydrogen) atoms. The van der Waals surface area contributed by atoms with Gasteiger partial charge in [-0.3, -0.25) is 24.6 Å². The second kappa shape index (κ2) is 9.80. The second-order valence-corrected chi connectivity index (χ2v) is 7.36. The highest BCUT2D eigenvalue weighted by molar-refractivity contribution is 6.21. The number of hydrogen-bond donors (Lipinski definition) is 3. The van der Waals surface area contributed by atoms with E-state index in [9.17, 15) is 19.5 Å². The number of methoxy groups -OCH3 is 1. The third-order valence-electron chi connectivity index (χ3n) is 5.27. The molecule has 0 saturated carbocycles. The van der Waals surface area contributed by atoms with E-state index in [0.29, 0.717) is 23.7 Å². The van der Waals surface area contributed by atoms with E-state index in [1.807, 2.05) is 6.92 Å². The maximum absolute atomic E-state index is 13.1. The van der Waals surface area contributed by atoms with Crippen LogP contribution < -0.4 is 14.8 Å². The van der Waals surface area contributed by atoms with E-state index in [1.54, 1.807) is 42.5 Å². The van der Waals surface area contributed by atoms with Crippen LogP contribution in [-0.4, -0.2) is 58.9 Å². The smallest absolute Gasteiger partial charge is 0.320 e. The van der Waals surface area contributed by atoms with Crippen molar-refractivity contribution in [2.24, 2.45) is 0 Å². The van der Waals surface area contributed by atoms with Gasteiger partial charge in [-0.25, -0.2) is 0 Å². The summed E-state index contributed by atoms with van der Waals surface area (Å²) in [6, 6.07) is 9.60. The van der Waals surface area contributed by atoms with Crippen molar-refractivity contribution in [1.29, 1.82) is 0 Å². The van der Waals surface area contributed by atoms with Gasteiger partial charge in [-0.05, 0) is 43.7 Å². The molecule has 3 N–H and O–H groups in total. The van der Waals surface area contributed by atoms with Gasteiger partial charge >= 0.3 is 5.97 Å². The fourth-order valence-electron chi connectivity index (χ4n) is 3.69. The van der Waals surface area contributed by atoms with Crippen LogP contribution in [0.25, 0.3) is 0 Å². The highest BCUT2D eigenvalue weighted by atomic mass is 16.5. The van der Waals surface area contributed by atoms with Crippen LogP contribution in [0.15, 0.2) is 42.5 Å². The van der Waals surface area contributed by atoms with Crippen molar-refractivity contribution in [3.8, 4) is 11.5 Å². The zero-order valence-corrected chi connectivity index (χ0v) is 18.1. The van der Waals surface area contributed by atoms with E-state index < -0.39 is 36.1 Å². The zero-order valence-electron chi connectivity index (χ0n) is 18.1.